The van der Waals surface area contributed by atoms with Gasteiger partial charge in [-0.1, -0.05) is 0 Å². The third-order valence-corrected chi connectivity index (χ3v) is 2.33. The Morgan fingerprint density at radius 1 is 1.53 bits per heavy atom. The maximum absolute atomic E-state index is 5.69. The Morgan fingerprint density at radius 3 is 2.93 bits per heavy atom. The van der Waals surface area contributed by atoms with Crippen LogP contribution in [-0.4, -0.2) is 47.5 Å². The lowest BCUT2D eigenvalue weighted by molar-refractivity contribution is 0.122. The number of rotatable bonds is 3. The van der Waals surface area contributed by atoms with Crippen LogP contribution >= 0.6 is 0 Å². The number of anilines is 1. The number of nitrogens with one attached hydrogen (secondary N) is 1. The van der Waals surface area contributed by atoms with Crippen LogP contribution in [0.5, 0.6) is 0 Å². The van der Waals surface area contributed by atoms with Crippen LogP contribution in [0.4, 0.5) is 5.95 Å². The molecule has 84 valence electrons. The molecule has 0 aliphatic carbocycles. The number of ether oxygens (including phenoxy) is 1. The molecular weight excluding hydrogens is 194 g/mol. The summed E-state index contributed by atoms with van der Waals surface area (Å²) in [5.41, 5.74) is 5.69. The molecule has 6 nitrogen and oxygen atoms in total. The zero-order valence-corrected chi connectivity index (χ0v) is 8.94. The standard InChI is InChI=1S/C9H17N5O/c1-7(10)6-8-11-9(13-12-8)14-2-4-15-5-3-14/h7H,2-6,10H2,1H3,(H,11,12,13). The molecule has 1 atom stereocenters. The van der Waals surface area contributed by atoms with E-state index in [9.17, 15) is 0 Å². The van der Waals surface area contributed by atoms with Gasteiger partial charge in [0.15, 0.2) is 0 Å². The average Bonchev–Trinajstić information content (AvgIpc) is 2.67. The van der Waals surface area contributed by atoms with Crippen LogP contribution in [0.25, 0.3) is 0 Å². The quantitative estimate of drug-likeness (QED) is 0.706. The van der Waals surface area contributed by atoms with Crippen LogP contribution in [0.2, 0.25) is 0 Å². The highest BCUT2D eigenvalue weighted by atomic mass is 16.5. The molecule has 1 fully saturated rings. The Labute approximate surface area is 88.8 Å². The molecule has 0 bridgehead atoms. The maximum Gasteiger partial charge on any atom is 0.244 e. The molecule has 15 heavy (non-hydrogen) atoms. The zero-order valence-electron chi connectivity index (χ0n) is 8.94. The summed E-state index contributed by atoms with van der Waals surface area (Å²) in [5.74, 6) is 1.61. The van der Waals surface area contributed by atoms with Crippen LogP contribution in [0.15, 0.2) is 0 Å². The summed E-state index contributed by atoms with van der Waals surface area (Å²) in [5, 5.41) is 7.08. The van der Waals surface area contributed by atoms with Gasteiger partial charge in [-0.25, -0.2) is 0 Å². The second-order valence-corrected chi connectivity index (χ2v) is 3.86. The molecule has 2 heterocycles. The van der Waals surface area contributed by atoms with Gasteiger partial charge in [-0.3, -0.25) is 5.10 Å². The molecule has 1 aromatic rings. The minimum Gasteiger partial charge on any atom is -0.378 e. The van der Waals surface area contributed by atoms with E-state index in [-0.39, 0.29) is 6.04 Å². The first-order valence-electron chi connectivity index (χ1n) is 5.25. The van der Waals surface area contributed by atoms with E-state index in [1.807, 2.05) is 6.92 Å². The molecular formula is C9H17N5O. The number of morpholine rings is 1. The molecule has 0 radical (unpaired) electrons. The number of aromatic amines is 1. The first-order valence-corrected chi connectivity index (χ1v) is 5.25. The highest BCUT2D eigenvalue weighted by Crippen LogP contribution is 2.09. The van der Waals surface area contributed by atoms with Crippen LogP contribution in [0.1, 0.15) is 12.7 Å². The number of aromatic nitrogens is 3. The number of nitrogens with zero attached hydrogens (tertiary/aromatic N) is 3. The predicted octanol–water partition coefficient (Wildman–Crippen LogP) is -0.469. The Kier molecular flexibility index (Phi) is 3.17. The summed E-state index contributed by atoms with van der Waals surface area (Å²) < 4.78 is 5.27. The molecule has 1 aliphatic heterocycles. The lowest BCUT2D eigenvalue weighted by Crippen LogP contribution is -2.36. The molecule has 1 aliphatic rings. The predicted molar refractivity (Wildman–Crippen MR) is 56.8 cm³/mol. The average molecular weight is 211 g/mol. The molecule has 2 rings (SSSR count). The Balaban J connectivity index is 1.99. The van der Waals surface area contributed by atoms with E-state index in [0.717, 1.165) is 44.5 Å². The smallest absolute Gasteiger partial charge is 0.244 e. The summed E-state index contributed by atoms with van der Waals surface area (Å²) in [6.07, 6.45) is 0.733. The molecule has 3 N–H and O–H groups in total. The number of H-pyrrole nitrogens is 1. The first-order chi connectivity index (χ1) is 7.25. The van der Waals surface area contributed by atoms with Gasteiger partial charge in [0.2, 0.25) is 5.95 Å². The Hall–Kier alpha value is -1.14. The van der Waals surface area contributed by atoms with Gasteiger partial charge in [0.1, 0.15) is 5.82 Å². The first kappa shape index (κ1) is 10.4. The van der Waals surface area contributed by atoms with Crippen LogP contribution in [0.3, 0.4) is 0 Å². The van der Waals surface area contributed by atoms with Crippen LogP contribution in [0, 0.1) is 0 Å². The molecule has 0 spiro atoms. The lowest BCUT2D eigenvalue weighted by atomic mass is 10.2. The van der Waals surface area contributed by atoms with E-state index < -0.39 is 0 Å². The molecule has 1 saturated heterocycles. The van der Waals surface area contributed by atoms with Gasteiger partial charge in [0.05, 0.1) is 13.2 Å². The minimum atomic E-state index is 0.107. The van der Waals surface area contributed by atoms with E-state index in [0.29, 0.717) is 0 Å². The van der Waals surface area contributed by atoms with Gasteiger partial charge >= 0.3 is 0 Å². The van der Waals surface area contributed by atoms with Crippen molar-refractivity contribution < 1.29 is 4.74 Å². The van der Waals surface area contributed by atoms with Crippen LogP contribution < -0.4 is 10.6 Å². The minimum absolute atomic E-state index is 0.107. The Morgan fingerprint density at radius 2 is 2.27 bits per heavy atom. The fraction of sp³-hybridized carbons (Fsp3) is 0.778. The second-order valence-electron chi connectivity index (χ2n) is 3.86. The summed E-state index contributed by atoms with van der Waals surface area (Å²) in [6.45, 7) is 5.16. The fourth-order valence-corrected chi connectivity index (χ4v) is 1.59. The summed E-state index contributed by atoms with van der Waals surface area (Å²) in [6, 6.07) is 0.107. The second kappa shape index (κ2) is 4.59. The van der Waals surface area contributed by atoms with E-state index in [1.165, 1.54) is 0 Å². The van der Waals surface area contributed by atoms with Gasteiger partial charge in [-0.05, 0) is 6.92 Å². The number of hydrogen-bond acceptors (Lipinski definition) is 5. The van der Waals surface area contributed by atoms with Gasteiger partial charge < -0.3 is 15.4 Å². The van der Waals surface area contributed by atoms with Crippen molar-refractivity contribution in [3.05, 3.63) is 5.82 Å². The van der Waals surface area contributed by atoms with Crippen LogP contribution in [-0.2, 0) is 11.2 Å². The number of nitrogens with two attached hydrogens (primary N) is 1. The fourth-order valence-electron chi connectivity index (χ4n) is 1.59. The summed E-state index contributed by atoms with van der Waals surface area (Å²) in [7, 11) is 0. The highest BCUT2D eigenvalue weighted by Gasteiger charge is 2.15. The lowest BCUT2D eigenvalue weighted by Gasteiger charge is -2.25. The molecule has 0 aromatic carbocycles. The molecule has 1 unspecified atom stereocenters. The van der Waals surface area contributed by atoms with Crippen molar-refractivity contribution in [2.45, 2.75) is 19.4 Å². The topological polar surface area (TPSA) is 80.1 Å². The molecule has 6 heteroatoms. The monoisotopic (exact) mass is 211 g/mol. The zero-order chi connectivity index (χ0) is 10.7. The van der Waals surface area contributed by atoms with Crippen molar-refractivity contribution in [1.29, 1.82) is 0 Å². The van der Waals surface area contributed by atoms with E-state index in [2.05, 4.69) is 20.1 Å². The van der Waals surface area contributed by atoms with Gasteiger partial charge in [0, 0.05) is 25.6 Å². The SMILES string of the molecule is CC(N)Cc1nc(N2CCOCC2)n[nH]1. The van der Waals surface area contributed by atoms with Crippen molar-refractivity contribution in [2.75, 3.05) is 31.2 Å². The number of hydrogen-bond donors (Lipinski definition) is 2. The van der Waals surface area contributed by atoms with E-state index in [4.69, 9.17) is 10.5 Å². The van der Waals surface area contributed by atoms with Gasteiger partial charge in [-0.15, -0.1) is 5.10 Å². The van der Waals surface area contributed by atoms with Gasteiger partial charge in [-0.2, -0.15) is 4.98 Å². The summed E-state index contributed by atoms with van der Waals surface area (Å²) in [4.78, 5) is 6.51. The summed E-state index contributed by atoms with van der Waals surface area (Å²) >= 11 is 0. The normalized spacial score (nSPS) is 19.2. The third-order valence-electron chi connectivity index (χ3n) is 2.33. The van der Waals surface area contributed by atoms with E-state index in [1.54, 1.807) is 0 Å². The largest absolute Gasteiger partial charge is 0.378 e. The highest BCUT2D eigenvalue weighted by molar-refractivity contribution is 5.29. The van der Waals surface area contributed by atoms with Crippen molar-refractivity contribution in [3.8, 4) is 0 Å². The Bertz CT molecular complexity index is 305. The maximum atomic E-state index is 5.69. The third kappa shape index (κ3) is 2.66. The van der Waals surface area contributed by atoms with Crippen molar-refractivity contribution in [1.82, 2.24) is 15.2 Å². The van der Waals surface area contributed by atoms with Gasteiger partial charge in [0.25, 0.3) is 0 Å². The van der Waals surface area contributed by atoms with E-state index >= 15 is 0 Å². The molecule has 0 saturated carbocycles. The molecule has 1 aromatic heterocycles. The van der Waals surface area contributed by atoms with Crippen molar-refractivity contribution >= 4 is 5.95 Å². The van der Waals surface area contributed by atoms with Crippen molar-refractivity contribution in [2.24, 2.45) is 5.73 Å². The molecule has 0 amide bonds. The van der Waals surface area contributed by atoms with Crippen molar-refractivity contribution in [3.63, 3.8) is 0 Å².